The van der Waals surface area contributed by atoms with Gasteiger partial charge in [-0.15, -0.1) is 0 Å². The monoisotopic (exact) mass is 365 g/mol. The van der Waals surface area contributed by atoms with Gasteiger partial charge in [0.25, 0.3) is 5.91 Å². The molecule has 25 heavy (non-hydrogen) atoms. The van der Waals surface area contributed by atoms with Crippen LogP contribution in [0.2, 0.25) is 0 Å². The minimum atomic E-state index is -3.75. The number of nitrogens with zero attached hydrogens (tertiary/aromatic N) is 2. The molecule has 2 aromatic carbocycles. The van der Waals surface area contributed by atoms with Crippen LogP contribution in [-0.4, -0.2) is 38.4 Å². The molecular formula is C16H16FN3O4S. The number of nitrogens with one attached hydrogen (secondary N) is 1. The molecule has 2 rings (SSSR count). The Morgan fingerprint density at radius 1 is 1.24 bits per heavy atom. The van der Waals surface area contributed by atoms with Gasteiger partial charge in [-0.05, 0) is 36.4 Å². The Morgan fingerprint density at radius 3 is 2.48 bits per heavy atom. The smallest absolute Gasteiger partial charge is 0.260 e. The Hall–Kier alpha value is -2.94. The van der Waals surface area contributed by atoms with Crippen LogP contribution in [0.1, 0.15) is 5.56 Å². The first kappa shape index (κ1) is 18.4. The van der Waals surface area contributed by atoms with Crippen molar-refractivity contribution in [2.45, 2.75) is 0 Å². The number of para-hydroxylation sites is 1. The normalized spacial score (nSPS) is 11.4. The highest BCUT2D eigenvalue weighted by Gasteiger charge is 2.20. The highest BCUT2D eigenvalue weighted by Crippen LogP contribution is 2.17. The van der Waals surface area contributed by atoms with Gasteiger partial charge in [-0.3, -0.25) is 9.10 Å². The van der Waals surface area contributed by atoms with E-state index in [9.17, 15) is 22.7 Å². The van der Waals surface area contributed by atoms with Gasteiger partial charge in [-0.1, -0.05) is 12.1 Å². The second-order valence-corrected chi connectivity index (χ2v) is 7.00. The van der Waals surface area contributed by atoms with Crippen molar-refractivity contribution in [2.24, 2.45) is 5.10 Å². The van der Waals surface area contributed by atoms with Crippen LogP contribution in [0.3, 0.4) is 0 Å². The van der Waals surface area contributed by atoms with Crippen LogP contribution in [0.4, 0.5) is 10.1 Å². The van der Waals surface area contributed by atoms with Gasteiger partial charge in [0, 0.05) is 5.56 Å². The number of hydrogen-bond acceptors (Lipinski definition) is 5. The molecular weight excluding hydrogens is 349 g/mol. The van der Waals surface area contributed by atoms with Crippen LogP contribution >= 0.6 is 0 Å². The Bertz CT molecular complexity index is 883. The predicted octanol–water partition coefficient (Wildman–Crippen LogP) is 1.45. The van der Waals surface area contributed by atoms with Crippen LogP contribution < -0.4 is 9.73 Å². The van der Waals surface area contributed by atoms with E-state index in [1.165, 1.54) is 24.4 Å². The maximum atomic E-state index is 13.0. The summed E-state index contributed by atoms with van der Waals surface area (Å²) in [7, 11) is -3.75. The van der Waals surface area contributed by atoms with E-state index in [4.69, 9.17) is 0 Å². The SMILES string of the molecule is CS(=O)(=O)N(CC(=O)N/N=C\c1ccccc1O)c1ccc(F)cc1. The van der Waals surface area contributed by atoms with E-state index in [0.717, 1.165) is 22.7 Å². The summed E-state index contributed by atoms with van der Waals surface area (Å²) in [4.78, 5) is 11.9. The van der Waals surface area contributed by atoms with E-state index in [1.807, 2.05) is 0 Å². The van der Waals surface area contributed by atoms with Crippen molar-refractivity contribution >= 4 is 27.8 Å². The van der Waals surface area contributed by atoms with E-state index in [-0.39, 0.29) is 11.4 Å². The summed E-state index contributed by atoms with van der Waals surface area (Å²) < 4.78 is 37.6. The fraction of sp³-hybridized carbons (Fsp3) is 0.125. The van der Waals surface area contributed by atoms with Gasteiger partial charge in [0.15, 0.2) is 0 Å². The molecule has 132 valence electrons. The topological polar surface area (TPSA) is 99.1 Å². The number of rotatable bonds is 6. The molecule has 1 amide bonds. The van der Waals surface area contributed by atoms with E-state index >= 15 is 0 Å². The van der Waals surface area contributed by atoms with Crippen LogP contribution in [0, 0.1) is 5.82 Å². The minimum Gasteiger partial charge on any atom is -0.507 e. The fourth-order valence-corrected chi connectivity index (χ4v) is 2.80. The minimum absolute atomic E-state index is 0.00965. The maximum Gasteiger partial charge on any atom is 0.260 e. The molecule has 0 saturated heterocycles. The molecule has 2 N–H and O–H groups in total. The van der Waals surface area contributed by atoms with Crippen LogP contribution in [0.5, 0.6) is 5.75 Å². The van der Waals surface area contributed by atoms with Gasteiger partial charge in [0.2, 0.25) is 10.0 Å². The zero-order chi connectivity index (χ0) is 18.4. The summed E-state index contributed by atoms with van der Waals surface area (Å²) in [6.45, 7) is -0.525. The number of hydrazone groups is 1. The zero-order valence-corrected chi connectivity index (χ0v) is 14.1. The lowest BCUT2D eigenvalue weighted by Gasteiger charge is -2.21. The van der Waals surface area contributed by atoms with Crippen molar-refractivity contribution in [1.82, 2.24) is 5.43 Å². The summed E-state index contributed by atoms with van der Waals surface area (Å²) in [5, 5.41) is 13.3. The van der Waals surface area contributed by atoms with Crippen molar-refractivity contribution in [3.05, 3.63) is 59.9 Å². The van der Waals surface area contributed by atoms with Gasteiger partial charge >= 0.3 is 0 Å². The van der Waals surface area contributed by atoms with Gasteiger partial charge in [0.05, 0.1) is 18.2 Å². The number of halogens is 1. The Balaban J connectivity index is 2.07. The van der Waals surface area contributed by atoms with Crippen molar-refractivity contribution in [2.75, 3.05) is 17.1 Å². The summed E-state index contributed by atoms with van der Waals surface area (Å²) in [5.74, 6) is -1.22. The Morgan fingerprint density at radius 2 is 1.88 bits per heavy atom. The first-order chi connectivity index (χ1) is 11.8. The third-order valence-electron chi connectivity index (χ3n) is 3.13. The number of phenolic OH excluding ortho intramolecular Hbond substituents is 1. The lowest BCUT2D eigenvalue weighted by Crippen LogP contribution is -2.39. The number of carbonyl (C=O) groups is 1. The van der Waals surface area contributed by atoms with Crippen molar-refractivity contribution in [3.8, 4) is 5.75 Å². The molecule has 0 bridgehead atoms. The second kappa shape index (κ2) is 7.75. The van der Waals surface area contributed by atoms with Gasteiger partial charge in [0.1, 0.15) is 18.1 Å². The van der Waals surface area contributed by atoms with Crippen LogP contribution in [0.25, 0.3) is 0 Å². The first-order valence-electron chi connectivity index (χ1n) is 7.10. The molecule has 0 spiro atoms. The predicted molar refractivity (Wildman–Crippen MR) is 92.4 cm³/mol. The molecule has 9 heteroatoms. The van der Waals surface area contributed by atoms with Gasteiger partial charge in [-0.2, -0.15) is 5.10 Å². The quantitative estimate of drug-likeness (QED) is 0.598. The molecule has 0 heterocycles. The number of aromatic hydroxyl groups is 1. The summed E-state index contributed by atoms with van der Waals surface area (Å²) in [6.07, 6.45) is 2.17. The first-order valence-corrected chi connectivity index (χ1v) is 8.95. The second-order valence-electron chi connectivity index (χ2n) is 5.10. The van der Waals surface area contributed by atoms with Crippen LogP contribution in [0.15, 0.2) is 53.6 Å². The van der Waals surface area contributed by atoms with Crippen molar-refractivity contribution in [1.29, 1.82) is 0 Å². The average Bonchev–Trinajstić information content (AvgIpc) is 2.54. The molecule has 0 atom stereocenters. The summed E-state index contributed by atoms with van der Waals surface area (Å²) in [6, 6.07) is 11.1. The van der Waals surface area contributed by atoms with E-state index < -0.39 is 28.3 Å². The molecule has 0 aliphatic carbocycles. The number of carbonyl (C=O) groups excluding carboxylic acids is 1. The zero-order valence-electron chi connectivity index (χ0n) is 13.3. The molecule has 0 radical (unpaired) electrons. The third-order valence-corrected chi connectivity index (χ3v) is 4.27. The van der Waals surface area contributed by atoms with Crippen molar-refractivity contribution in [3.63, 3.8) is 0 Å². The van der Waals surface area contributed by atoms with Crippen molar-refractivity contribution < 1.29 is 22.7 Å². The standard InChI is InChI=1S/C16H16FN3O4S/c1-25(23,24)20(14-8-6-13(17)7-9-14)11-16(22)19-18-10-12-4-2-3-5-15(12)21/h2-10,21H,11H2,1H3,(H,19,22)/b18-10-. The molecule has 0 aliphatic heterocycles. The molecule has 7 nitrogen and oxygen atoms in total. The number of amides is 1. The molecule has 2 aromatic rings. The third kappa shape index (κ3) is 5.28. The molecule has 0 aromatic heterocycles. The number of hydrogen-bond donors (Lipinski definition) is 2. The highest BCUT2D eigenvalue weighted by molar-refractivity contribution is 7.92. The maximum absolute atomic E-state index is 13.0. The van der Waals surface area contributed by atoms with E-state index in [2.05, 4.69) is 10.5 Å². The lowest BCUT2D eigenvalue weighted by atomic mass is 10.2. The Labute approximate surface area is 144 Å². The average molecular weight is 365 g/mol. The van der Waals surface area contributed by atoms with Gasteiger partial charge < -0.3 is 5.11 Å². The summed E-state index contributed by atoms with van der Waals surface area (Å²) >= 11 is 0. The molecule has 0 fully saturated rings. The number of benzene rings is 2. The largest absolute Gasteiger partial charge is 0.507 e. The highest BCUT2D eigenvalue weighted by atomic mass is 32.2. The summed E-state index contributed by atoms with van der Waals surface area (Å²) in [5.41, 5.74) is 2.73. The number of sulfonamides is 1. The van der Waals surface area contributed by atoms with Gasteiger partial charge in [-0.25, -0.2) is 18.2 Å². The molecule has 0 unspecified atom stereocenters. The molecule has 0 saturated carbocycles. The molecule has 0 aliphatic rings. The van der Waals surface area contributed by atoms with E-state index in [1.54, 1.807) is 18.2 Å². The van der Waals surface area contributed by atoms with E-state index in [0.29, 0.717) is 5.56 Å². The lowest BCUT2D eigenvalue weighted by molar-refractivity contribution is -0.119. The number of anilines is 1. The Kier molecular flexibility index (Phi) is 5.71. The van der Waals surface area contributed by atoms with Crippen LogP contribution in [-0.2, 0) is 14.8 Å². The fourth-order valence-electron chi connectivity index (χ4n) is 1.94. The number of phenols is 1.